The van der Waals surface area contributed by atoms with E-state index in [1.165, 1.54) is 0 Å². The number of nitrogen functional groups attached to an aromatic ring is 1. The fourth-order valence-electron chi connectivity index (χ4n) is 1.29. The van der Waals surface area contributed by atoms with Crippen molar-refractivity contribution in [2.45, 2.75) is 19.3 Å². The van der Waals surface area contributed by atoms with Gasteiger partial charge in [0.2, 0.25) is 0 Å². The van der Waals surface area contributed by atoms with Crippen molar-refractivity contribution >= 4 is 5.69 Å². The van der Waals surface area contributed by atoms with E-state index in [1.54, 1.807) is 25.3 Å². The number of anilines is 1. The number of benzene rings is 1. The predicted octanol–water partition coefficient (Wildman–Crippen LogP) is 2.35. The van der Waals surface area contributed by atoms with E-state index >= 15 is 0 Å². The van der Waals surface area contributed by atoms with E-state index in [-0.39, 0.29) is 0 Å². The first kappa shape index (κ1) is 12.2. The number of unbranched alkanes of at least 4 members (excludes halogenated alkanes) is 2. The Labute approximate surface area is 95.6 Å². The molecule has 86 valence electrons. The largest absolute Gasteiger partial charge is 0.493 e. The summed E-state index contributed by atoms with van der Waals surface area (Å²) in [5.41, 5.74) is 6.30. The van der Waals surface area contributed by atoms with Crippen molar-refractivity contribution in [3.63, 3.8) is 0 Å². The van der Waals surface area contributed by atoms with E-state index < -0.39 is 0 Å². The fraction of sp³-hybridized carbons (Fsp3) is 0.417. The van der Waals surface area contributed by atoms with Crippen LogP contribution in [0, 0.1) is 11.3 Å². The lowest BCUT2D eigenvalue weighted by Gasteiger charge is -2.10. The van der Waals surface area contributed by atoms with E-state index in [0.29, 0.717) is 30.2 Å². The third-order valence-corrected chi connectivity index (χ3v) is 2.13. The van der Waals surface area contributed by atoms with Gasteiger partial charge >= 0.3 is 0 Å². The molecule has 0 bridgehead atoms. The zero-order valence-electron chi connectivity index (χ0n) is 9.40. The van der Waals surface area contributed by atoms with Crippen LogP contribution >= 0.6 is 0 Å². The molecule has 4 heteroatoms. The number of nitrogens with zero attached hydrogens (tertiary/aromatic N) is 1. The first-order valence-corrected chi connectivity index (χ1v) is 5.21. The highest BCUT2D eigenvalue weighted by molar-refractivity contribution is 5.51. The summed E-state index contributed by atoms with van der Waals surface area (Å²) in [5.74, 6) is 1.33. The SMILES string of the molecule is COc1ccc(N)cc1OCCCCC#N. The van der Waals surface area contributed by atoms with E-state index in [0.717, 1.165) is 12.8 Å². The molecular formula is C12H16N2O2. The summed E-state index contributed by atoms with van der Waals surface area (Å²) in [6.07, 6.45) is 2.27. The molecule has 0 amide bonds. The Morgan fingerprint density at radius 1 is 1.31 bits per heavy atom. The summed E-state index contributed by atoms with van der Waals surface area (Å²) >= 11 is 0. The molecule has 0 aliphatic heterocycles. The summed E-state index contributed by atoms with van der Waals surface area (Å²) in [6, 6.07) is 7.38. The number of ether oxygens (including phenoxy) is 2. The molecule has 2 N–H and O–H groups in total. The standard InChI is InChI=1S/C12H16N2O2/c1-15-11-6-5-10(14)9-12(11)16-8-4-2-3-7-13/h5-6,9H,2-4,8,14H2,1H3. The number of rotatable bonds is 6. The predicted molar refractivity (Wildman–Crippen MR) is 62.4 cm³/mol. The van der Waals surface area contributed by atoms with Gasteiger partial charge in [-0.15, -0.1) is 0 Å². The van der Waals surface area contributed by atoms with Crippen LogP contribution in [-0.4, -0.2) is 13.7 Å². The van der Waals surface area contributed by atoms with Gasteiger partial charge < -0.3 is 15.2 Å². The van der Waals surface area contributed by atoms with E-state index in [9.17, 15) is 0 Å². The molecule has 0 aliphatic carbocycles. The average Bonchev–Trinajstić information content (AvgIpc) is 2.29. The number of methoxy groups -OCH3 is 1. The first-order valence-electron chi connectivity index (χ1n) is 5.21. The highest BCUT2D eigenvalue weighted by Gasteiger charge is 2.03. The molecule has 0 unspecified atom stereocenters. The van der Waals surface area contributed by atoms with Crippen molar-refractivity contribution in [3.05, 3.63) is 18.2 Å². The number of nitriles is 1. The van der Waals surface area contributed by atoms with Crippen molar-refractivity contribution in [2.75, 3.05) is 19.5 Å². The van der Waals surface area contributed by atoms with Crippen molar-refractivity contribution < 1.29 is 9.47 Å². The van der Waals surface area contributed by atoms with Gasteiger partial charge in [0.25, 0.3) is 0 Å². The lowest BCUT2D eigenvalue weighted by atomic mass is 10.2. The van der Waals surface area contributed by atoms with Crippen LogP contribution < -0.4 is 15.2 Å². The van der Waals surface area contributed by atoms with Gasteiger partial charge in [0.1, 0.15) is 0 Å². The van der Waals surface area contributed by atoms with Crippen LogP contribution in [0.4, 0.5) is 5.69 Å². The summed E-state index contributed by atoms with van der Waals surface area (Å²) in [7, 11) is 1.59. The van der Waals surface area contributed by atoms with Gasteiger partial charge in [0.15, 0.2) is 11.5 Å². The molecule has 0 fully saturated rings. The Kier molecular flexibility index (Phi) is 5.00. The number of hydrogen-bond acceptors (Lipinski definition) is 4. The molecule has 0 saturated heterocycles. The van der Waals surface area contributed by atoms with E-state index in [1.807, 2.05) is 0 Å². The van der Waals surface area contributed by atoms with Crippen LogP contribution in [-0.2, 0) is 0 Å². The van der Waals surface area contributed by atoms with Crippen LogP contribution in [0.2, 0.25) is 0 Å². The van der Waals surface area contributed by atoms with E-state index in [2.05, 4.69) is 6.07 Å². The molecule has 1 aromatic carbocycles. The number of hydrogen-bond donors (Lipinski definition) is 1. The van der Waals surface area contributed by atoms with Gasteiger partial charge in [-0.1, -0.05) is 0 Å². The Morgan fingerprint density at radius 3 is 2.81 bits per heavy atom. The Hall–Kier alpha value is -1.89. The molecule has 0 saturated carbocycles. The lowest BCUT2D eigenvalue weighted by Crippen LogP contribution is -2.00. The van der Waals surface area contributed by atoms with Crippen LogP contribution in [0.3, 0.4) is 0 Å². The van der Waals surface area contributed by atoms with Gasteiger partial charge in [-0.05, 0) is 25.0 Å². The fourth-order valence-corrected chi connectivity index (χ4v) is 1.29. The van der Waals surface area contributed by atoms with E-state index in [4.69, 9.17) is 20.5 Å². The molecule has 1 rings (SSSR count). The van der Waals surface area contributed by atoms with Crippen LogP contribution in [0.1, 0.15) is 19.3 Å². The molecule has 0 aromatic heterocycles. The highest BCUT2D eigenvalue weighted by atomic mass is 16.5. The quantitative estimate of drug-likeness (QED) is 0.590. The second kappa shape index (κ2) is 6.57. The second-order valence-electron chi connectivity index (χ2n) is 3.37. The summed E-state index contributed by atoms with van der Waals surface area (Å²) in [5, 5.41) is 8.37. The molecule has 0 atom stereocenters. The molecule has 0 heterocycles. The van der Waals surface area contributed by atoms with Gasteiger partial charge in [-0.3, -0.25) is 0 Å². The minimum atomic E-state index is 0.567. The van der Waals surface area contributed by atoms with Gasteiger partial charge in [-0.25, -0.2) is 0 Å². The molecule has 0 aliphatic rings. The highest BCUT2D eigenvalue weighted by Crippen LogP contribution is 2.29. The maximum atomic E-state index is 8.37. The molecule has 1 aromatic rings. The minimum absolute atomic E-state index is 0.567. The zero-order valence-corrected chi connectivity index (χ0v) is 9.40. The van der Waals surface area contributed by atoms with Crippen LogP contribution in [0.25, 0.3) is 0 Å². The molecule has 16 heavy (non-hydrogen) atoms. The van der Waals surface area contributed by atoms with Gasteiger partial charge in [0.05, 0.1) is 19.8 Å². The van der Waals surface area contributed by atoms with Crippen molar-refractivity contribution in [2.24, 2.45) is 0 Å². The lowest BCUT2D eigenvalue weighted by molar-refractivity contribution is 0.287. The topological polar surface area (TPSA) is 68.3 Å². The summed E-state index contributed by atoms with van der Waals surface area (Å²) in [4.78, 5) is 0. The zero-order chi connectivity index (χ0) is 11.8. The Morgan fingerprint density at radius 2 is 2.12 bits per heavy atom. The molecule has 0 radical (unpaired) electrons. The Balaban J connectivity index is 2.46. The van der Waals surface area contributed by atoms with Crippen molar-refractivity contribution in [3.8, 4) is 17.6 Å². The third-order valence-electron chi connectivity index (χ3n) is 2.13. The minimum Gasteiger partial charge on any atom is -0.493 e. The van der Waals surface area contributed by atoms with Crippen molar-refractivity contribution in [1.82, 2.24) is 0 Å². The average molecular weight is 220 g/mol. The maximum Gasteiger partial charge on any atom is 0.163 e. The first-order chi connectivity index (χ1) is 7.77. The molecule has 4 nitrogen and oxygen atoms in total. The number of nitrogens with two attached hydrogens (primary N) is 1. The molecule has 0 spiro atoms. The maximum absolute atomic E-state index is 8.37. The van der Waals surface area contributed by atoms with Crippen LogP contribution in [0.5, 0.6) is 11.5 Å². The second-order valence-corrected chi connectivity index (χ2v) is 3.37. The normalized spacial score (nSPS) is 9.50. The monoisotopic (exact) mass is 220 g/mol. The smallest absolute Gasteiger partial charge is 0.163 e. The molecular weight excluding hydrogens is 204 g/mol. The van der Waals surface area contributed by atoms with Crippen molar-refractivity contribution in [1.29, 1.82) is 5.26 Å². The van der Waals surface area contributed by atoms with Crippen LogP contribution in [0.15, 0.2) is 18.2 Å². The summed E-state index contributed by atoms with van der Waals surface area (Å²) < 4.78 is 10.7. The third kappa shape index (κ3) is 3.70. The van der Waals surface area contributed by atoms with Gasteiger partial charge in [-0.2, -0.15) is 5.26 Å². The van der Waals surface area contributed by atoms with Gasteiger partial charge in [0, 0.05) is 18.2 Å². The Bertz CT molecular complexity index is 372. The summed E-state index contributed by atoms with van der Waals surface area (Å²) in [6.45, 7) is 0.571.